The van der Waals surface area contributed by atoms with Crippen LogP contribution in [0.2, 0.25) is 0 Å². The van der Waals surface area contributed by atoms with Crippen molar-refractivity contribution in [2.75, 3.05) is 5.32 Å². The van der Waals surface area contributed by atoms with Crippen molar-refractivity contribution in [2.24, 2.45) is 5.73 Å². The second-order valence-corrected chi connectivity index (χ2v) is 5.55. The van der Waals surface area contributed by atoms with Gasteiger partial charge in [0.05, 0.1) is 6.04 Å². The zero-order valence-electron chi connectivity index (χ0n) is 11.1. The van der Waals surface area contributed by atoms with E-state index in [9.17, 15) is 4.79 Å². The van der Waals surface area contributed by atoms with Crippen molar-refractivity contribution < 1.29 is 4.79 Å². The molecule has 1 amide bonds. The highest BCUT2D eigenvalue weighted by atomic mass is 79.9. The third-order valence-electron chi connectivity index (χ3n) is 3.02. The van der Waals surface area contributed by atoms with Crippen molar-refractivity contribution in [1.29, 1.82) is 0 Å². The van der Waals surface area contributed by atoms with Gasteiger partial charge in [0.2, 0.25) is 5.91 Å². The highest BCUT2D eigenvalue weighted by Crippen LogP contribution is 2.16. The minimum atomic E-state index is -0.505. The molecule has 0 aliphatic carbocycles. The lowest BCUT2D eigenvalue weighted by molar-refractivity contribution is -0.117. The van der Waals surface area contributed by atoms with Crippen molar-refractivity contribution >= 4 is 27.5 Å². The summed E-state index contributed by atoms with van der Waals surface area (Å²) in [5.41, 5.74) is 7.87. The monoisotopic (exact) mass is 332 g/mol. The van der Waals surface area contributed by atoms with Crippen molar-refractivity contribution in [3.8, 4) is 0 Å². The lowest BCUT2D eigenvalue weighted by Crippen LogP contribution is -2.36. The molecule has 2 aromatic rings. The van der Waals surface area contributed by atoms with Crippen LogP contribution in [0, 0.1) is 0 Å². The molecule has 104 valence electrons. The summed E-state index contributed by atoms with van der Waals surface area (Å²) in [5, 5.41) is 2.82. The van der Waals surface area contributed by atoms with Gasteiger partial charge in [-0.15, -0.1) is 0 Å². The van der Waals surface area contributed by atoms with E-state index in [4.69, 9.17) is 5.73 Å². The number of anilines is 1. The second-order valence-electron chi connectivity index (χ2n) is 4.63. The predicted octanol–water partition coefficient (Wildman–Crippen LogP) is 3.35. The van der Waals surface area contributed by atoms with Crippen molar-refractivity contribution in [1.82, 2.24) is 0 Å². The first kappa shape index (κ1) is 14.8. The Labute approximate surface area is 127 Å². The number of nitrogens with two attached hydrogens (primary N) is 1. The standard InChI is InChI=1S/C16H17BrN2O/c17-13-7-4-8-14(11-13)19-16(20)15(18)10-9-12-5-2-1-3-6-12/h1-8,11,15H,9-10,18H2,(H,19,20)/t15-/m0/s1. The molecule has 0 aliphatic heterocycles. The Morgan fingerprint density at radius 3 is 2.60 bits per heavy atom. The number of benzene rings is 2. The van der Waals surface area contributed by atoms with Crippen LogP contribution in [-0.4, -0.2) is 11.9 Å². The molecular formula is C16H17BrN2O. The summed E-state index contributed by atoms with van der Waals surface area (Å²) in [4.78, 5) is 12.0. The van der Waals surface area contributed by atoms with Gasteiger partial charge in [0, 0.05) is 10.2 Å². The third kappa shape index (κ3) is 4.47. The zero-order chi connectivity index (χ0) is 14.4. The zero-order valence-corrected chi connectivity index (χ0v) is 12.6. The Balaban J connectivity index is 1.86. The number of nitrogens with one attached hydrogen (secondary N) is 1. The molecule has 2 aromatic carbocycles. The average Bonchev–Trinajstić information content (AvgIpc) is 2.46. The van der Waals surface area contributed by atoms with Gasteiger partial charge in [-0.2, -0.15) is 0 Å². The fraction of sp³-hybridized carbons (Fsp3) is 0.188. The maximum absolute atomic E-state index is 12.0. The van der Waals surface area contributed by atoms with Crippen LogP contribution >= 0.6 is 15.9 Å². The molecule has 0 heterocycles. The van der Waals surface area contributed by atoms with Crippen LogP contribution in [0.4, 0.5) is 5.69 Å². The van der Waals surface area contributed by atoms with Crippen LogP contribution in [0.15, 0.2) is 59.1 Å². The number of hydrogen-bond acceptors (Lipinski definition) is 2. The van der Waals surface area contributed by atoms with Crippen LogP contribution in [0.3, 0.4) is 0 Å². The van der Waals surface area contributed by atoms with Gasteiger partial charge in [0.15, 0.2) is 0 Å². The molecule has 3 N–H and O–H groups in total. The number of aryl methyl sites for hydroxylation is 1. The van der Waals surface area contributed by atoms with E-state index in [0.717, 1.165) is 16.6 Å². The maximum Gasteiger partial charge on any atom is 0.241 e. The molecule has 0 saturated carbocycles. The van der Waals surface area contributed by atoms with Gasteiger partial charge >= 0.3 is 0 Å². The summed E-state index contributed by atoms with van der Waals surface area (Å²) in [6.45, 7) is 0. The molecule has 20 heavy (non-hydrogen) atoms. The molecule has 0 aromatic heterocycles. The van der Waals surface area contributed by atoms with Gasteiger partial charge in [-0.05, 0) is 36.6 Å². The molecule has 4 heteroatoms. The van der Waals surface area contributed by atoms with Gasteiger partial charge in [0.25, 0.3) is 0 Å². The van der Waals surface area contributed by atoms with E-state index in [1.165, 1.54) is 5.56 Å². The largest absolute Gasteiger partial charge is 0.325 e. The van der Waals surface area contributed by atoms with Crippen LogP contribution < -0.4 is 11.1 Å². The normalized spacial score (nSPS) is 11.9. The second kappa shape index (κ2) is 7.22. The first-order valence-corrected chi connectivity index (χ1v) is 7.30. The molecule has 1 atom stereocenters. The number of halogens is 1. The van der Waals surface area contributed by atoms with Gasteiger partial charge < -0.3 is 11.1 Å². The summed E-state index contributed by atoms with van der Waals surface area (Å²) in [7, 11) is 0. The van der Waals surface area contributed by atoms with Crippen molar-refractivity contribution in [3.63, 3.8) is 0 Å². The fourth-order valence-electron chi connectivity index (χ4n) is 1.90. The number of hydrogen-bond donors (Lipinski definition) is 2. The number of carbonyl (C=O) groups is 1. The molecule has 3 nitrogen and oxygen atoms in total. The van der Waals surface area contributed by atoms with Gasteiger partial charge in [0.1, 0.15) is 0 Å². The van der Waals surface area contributed by atoms with Gasteiger partial charge in [-0.1, -0.05) is 52.3 Å². The summed E-state index contributed by atoms with van der Waals surface area (Å²) in [6, 6.07) is 17.0. The van der Waals surface area contributed by atoms with Crippen molar-refractivity contribution in [3.05, 3.63) is 64.6 Å². The van der Waals surface area contributed by atoms with E-state index < -0.39 is 6.04 Å². The van der Waals surface area contributed by atoms with E-state index in [-0.39, 0.29) is 5.91 Å². The molecule has 0 bridgehead atoms. The van der Waals surface area contributed by atoms with E-state index in [0.29, 0.717) is 6.42 Å². The molecule has 0 spiro atoms. The van der Waals surface area contributed by atoms with Crippen molar-refractivity contribution in [2.45, 2.75) is 18.9 Å². The highest BCUT2D eigenvalue weighted by Gasteiger charge is 2.13. The average molecular weight is 333 g/mol. The Kier molecular flexibility index (Phi) is 5.32. The van der Waals surface area contributed by atoms with Crippen LogP contribution in [0.1, 0.15) is 12.0 Å². The predicted molar refractivity (Wildman–Crippen MR) is 85.5 cm³/mol. The summed E-state index contributed by atoms with van der Waals surface area (Å²) in [5.74, 6) is -0.154. The van der Waals surface area contributed by atoms with E-state index in [1.807, 2.05) is 54.6 Å². The fourth-order valence-corrected chi connectivity index (χ4v) is 2.30. The quantitative estimate of drug-likeness (QED) is 0.882. The Hall–Kier alpha value is -1.65. The minimum Gasteiger partial charge on any atom is -0.325 e. The van der Waals surface area contributed by atoms with Crippen LogP contribution in [-0.2, 0) is 11.2 Å². The van der Waals surface area contributed by atoms with E-state index in [2.05, 4.69) is 21.2 Å². The van der Waals surface area contributed by atoms with E-state index >= 15 is 0 Å². The Morgan fingerprint density at radius 1 is 1.15 bits per heavy atom. The SMILES string of the molecule is N[C@@H](CCc1ccccc1)C(=O)Nc1cccc(Br)c1. The molecule has 0 unspecified atom stereocenters. The molecule has 2 rings (SSSR count). The topological polar surface area (TPSA) is 55.1 Å². The highest BCUT2D eigenvalue weighted by molar-refractivity contribution is 9.10. The lowest BCUT2D eigenvalue weighted by atomic mass is 10.1. The summed E-state index contributed by atoms with van der Waals surface area (Å²) in [6.07, 6.45) is 1.43. The van der Waals surface area contributed by atoms with Crippen LogP contribution in [0.5, 0.6) is 0 Å². The first-order chi connectivity index (χ1) is 9.65. The van der Waals surface area contributed by atoms with Gasteiger partial charge in [-0.25, -0.2) is 0 Å². The summed E-state index contributed by atoms with van der Waals surface area (Å²) < 4.78 is 0.924. The Morgan fingerprint density at radius 2 is 1.90 bits per heavy atom. The van der Waals surface area contributed by atoms with Gasteiger partial charge in [-0.3, -0.25) is 4.79 Å². The molecule has 0 aliphatic rings. The molecule has 0 fully saturated rings. The molecule has 0 saturated heterocycles. The number of carbonyl (C=O) groups excluding carboxylic acids is 1. The maximum atomic E-state index is 12.0. The Bertz CT molecular complexity index is 572. The first-order valence-electron chi connectivity index (χ1n) is 6.51. The third-order valence-corrected chi connectivity index (χ3v) is 3.51. The van der Waals surface area contributed by atoms with Crippen LogP contribution in [0.25, 0.3) is 0 Å². The summed E-state index contributed by atoms with van der Waals surface area (Å²) >= 11 is 3.37. The number of rotatable bonds is 5. The lowest BCUT2D eigenvalue weighted by Gasteiger charge is -2.12. The van der Waals surface area contributed by atoms with E-state index in [1.54, 1.807) is 0 Å². The molecule has 0 radical (unpaired) electrons. The number of amides is 1. The minimum absolute atomic E-state index is 0.154. The molecular weight excluding hydrogens is 316 g/mol. The smallest absolute Gasteiger partial charge is 0.241 e.